The van der Waals surface area contributed by atoms with E-state index in [4.69, 9.17) is 12.2 Å². The SMILES string of the molecule is C[C@@H]1CCCC[C@H]1NC(=S)NNc1cccc([N+](=O)[O-])c1. The first-order chi connectivity index (χ1) is 10.1. The highest BCUT2D eigenvalue weighted by atomic mass is 32.1. The van der Waals surface area contributed by atoms with Crippen LogP contribution in [0.4, 0.5) is 11.4 Å². The van der Waals surface area contributed by atoms with Crippen LogP contribution in [-0.4, -0.2) is 16.1 Å². The highest BCUT2D eigenvalue weighted by Crippen LogP contribution is 2.23. The largest absolute Gasteiger partial charge is 0.358 e. The van der Waals surface area contributed by atoms with E-state index in [0.29, 0.717) is 22.8 Å². The summed E-state index contributed by atoms with van der Waals surface area (Å²) in [6, 6.07) is 6.67. The molecule has 1 aromatic carbocycles. The Morgan fingerprint density at radius 2 is 2.14 bits per heavy atom. The molecule has 21 heavy (non-hydrogen) atoms. The van der Waals surface area contributed by atoms with Crippen molar-refractivity contribution < 1.29 is 4.92 Å². The van der Waals surface area contributed by atoms with Gasteiger partial charge in [-0.15, -0.1) is 0 Å². The Balaban J connectivity index is 1.83. The van der Waals surface area contributed by atoms with Gasteiger partial charge in [0.15, 0.2) is 5.11 Å². The van der Waals surface area contributed by atoms with Gasteiger partial charge in [0, 0.05) is 18.2 Å². The van der Waals surface area contributed by atoms with Crippen LogP contribution in [0.25, 0.3) is 0 Å². The van der Waals surface area contributed by atoms with E-state index in [9.17, 15) is 10.1 Å². The maximum Gasteiger partial charge on any atom is 0.271 e. The van der Waals surface area contributed by atoms with Gasteiger partial charge in [-0.3, -0.25) is 21.0 Å². The molecule has 0 radical (unpaired) electrons. The van der Waals surface area contributed by atoms with Gasteiger partial charge in [-0.2, -0.15) is 0 Å². The Morgan fingerprint density at radius 1 is 1.38 bits per heavy atom. The Kier molecular flexibility index (Phi) is 5.32. The lowest BCUT2D eigenvalue weighted by molar-refractivity contribution is -0.384. The lowest BCUT2D eigenvalue weighted by Crippen LogP contribution is -2.47. The van der Waals surface area contributed by atoms with Gasteiger partial charge in [0.05, 0.1) is 10.6 Å². The fourth-order valence-electron chi connectivity index (χ4n) is 2.56. The molecule has 1 aliphatic carbocycles. The first-order valence-electron chi connectivity index (χ1n) is 7.13. The molecule has 0 heterocycles. The first kappa shape index (κ1) is 15.5. The van der Waals surface area contributed by atoms with E-state index in [1.54, 1.807) is 12.1 Å². The fourth-order valence-corrected chi connectivity index (χ4v) is 2.76. The lowest BCUT2D eigenvalue weighted by atomic mass is 9.86. The summed E-state index contributed by atoms with van der Waals surface area (Å²) in [7, 11) is 0. The van der Waals surface area contributed by atoms with Crippen molar-refractivity contribution in [2.24, 2.45) is 5.92 Å². The molecule has 0 unspecified atom stereocenters. The summed E-state index contributed by atoms with van der Waals surface area (Å²) in [4.78, 5) is 10.3. The zero-order valence-corrected chi connectivity index (χ0v) is 12.8. The average Bonchev–Trinajstić information content (AvgIpc) is 2.48. The quantitative estimate of drug-likeness (QED) is 0.451. The van der Waals surface area contributed by atoms with Crippen LogP contribution >= 0.6 is 12.2 Å². The molecule has 1 aliphatic rings. The third kappa shape index (κ3) is 4.56. The van der Waals surface area contributed by atoms with Crippen molar-refractivity contribution in [2.75, 3.05) is 5.43 Å². The number of non-ortho nitro benzene ring substituents is 1. The molecule has 2 atom stereocenters. The molecule has 0 saturated heterocycles. The minimum Gasteiger partial charge on any atom is -0.358 e. The summed E-state index contributed by atoms with van der Waals surface area (Å²) in [5.41, 5.74) is 6.41. The molecule has 0 aromatic heterocycles. The molecule has 0 amide bonds. The van der Waals surface area contributed by atoms with Crippen molar-refractivity contribution in [3.8, 4) is 0 Å². The second kappa shape index (κ2) is 7.21. The van der Waals surface area contributed by atoms with E-state index in [0.717, 1.165) is 6.42 Å². The minimum absolute atomic E-state index is 0.0431. The van der Waals surface area contributed by atoms with Gasteiger partial charge in [0.25, 0.3) is 5.69 Å². The van der Waals surface area contributed by atoms with E-state index >= 15 is 0 Å². The van der Waals surface area contributed by atoms with Crippen LogP contribution in [0, 0.1) is 16.0 Å². The predicted octanol–water partition coefficient (Wildman–Crippen LogP) is 2.96. The highest BCUT2D eigenvalue weighted by molar-refractivity contribution is 7.80. The normalized spacial score (nSPS) is 21.4. The summed E-state index contributed by atoms with van der Waals surface area (Å²) >= 11 is 5.25. The Bertz CT molecular complexity index is 523. The molecule has 0 spiro atoms. The van der Waals surface area contributed by atoms with Crippen LogP contribution in [0.5, 0.6) is 0 Å². The smallest absolute Gasteiger partial charge is 0.271 e. The van der Waals surface area contributed by atoms with E-state index in [1.165, 1.54) is 31.4 Å². The van der Waals surface area contributed by atoms with Crippen molar-refractivity contribution >= 4 is 28.7 Å². The number of thiocarbonyl (C=S) groups is 1. The van der Waals surface area contributed by atoms with Crippen molar-refractivity contribution in [1.29, 1.82) is 0 Å². The lowest BCUT2D eigenvalue weighted by Gasteiger charge is -2.30. The van der Waals surface area contributed by atoms with Crippen LogP contribution < -0.4 is 16.2 Å². The second-order valence-corrected chi connectivity index (χ2v) is 5.81. The Hall–Kier alpha value is -1.89. The maximum absolute atomic E-state index is 10.7. The molecule has 1 saturated carbocycles. The van der Waals surface area contributed by atoms with Crippen molar-refractivity contribution in [3.63, 3.8) is 0 Å². The number of hydrogen-bond acceptors (Lipinski definition) is 4. The number of hydrogen-bond donors (Lipinski definition) is 3. The van der Waals surface area contributed by atoms with Crippen LogP contribution in [-0.2, 0) is 0 Å². The van der Waals surface area contributed by atoms with Crippen LogP contribution in [0.3, 0.4) is 0 Å². The minimum atomic E-state index is -0.425. The number of benzene rings is 1. The molecule has 6 nitrogen and oxygen atoms in total. The zero-order chi connectivity index (χ0) is 15.2. The number of nitrogens with one attached hydrogen (secondary N) is 3. The van der Waals surface area contributed by atoms with Gasteiger partial charge >= 0.3 is 0 Å². The van der Waals surface area contributed by atoms with E-state index in [2.05, 4.69) is 23.1 Å². The summed E-state index contributed by atoms with van der Waals surface area (Å²) in [6.07, 6.45) is 4.85. The topological polar surface area (TPSA) is 79.2 Å². The molecule has 2 rings (SSSR count). The molecule has 1 fully saturated rings. The van der Waals surface area contributed by atoms with Crippen LogP contribution in [0.2, 0.25) is 0 Å². The molecule has 1 aromatic rings. The van der Waals surface area contributed by atoms with Crippen LogP contribution in [0.1, 0.15) is 32.6 Å². The monoisotopic (exact) mass is 308 g/mol. The maximum atomic E-state index is 10.7. The van der Waals surface area contributed by atoms with Gasteiger partial charge in [-0.05, 0) is 37.0 Å². The zero-order valence-electron chi connectivity index (χ0n) is 12.0. The van der Waals surface area contributed by atoms with Crippen LogP contribution in [0.15, 0.2) is 24.3 Å². The van der Waals surface area contributed by atoms with Crippen molar-refractivity contribution in [1.82, 2.24) is 10.7 Å². The number of anilines is 1. The van der Waals surface area contributed by atoms with Crippen molar-refractivity contribution in [3.05, 3.63) is 34.4 Å². The van der Waals surface area contributed by atoms with Gasteiger partial charge in [-0.25, -0.2) is 0 Å². The van der Waals surface area contributed by atoms with Gasteiger partial charge in [-0.1, -0.05) is 25.8 Å². The Labute approximate surface area is 129 Å². The summed E-state index contributed by atoms with van der Waals surface area (Å²) in [5.74, 6) is 0.608. The van der Waals surface area contributed by atoms with Gasteiger partial charge in [0.2, 0.25) is 0 Å². The van der Waals surface area contributed by atoms with E-state index < -0.39 is 4.92 Å². The third-order valence-electron chi connectivity index (χ3n) is 3.81. The fraction of sp³-hybridized carbons (Fsp3) is 0.500. The molecular formula is C14H20N4O2S. The molecule has 0 aliphatic heterocycles. The van der Waals surface area contributed by atoms with Gasteiger partial charge in [0.1, 0.15) is 0 Å². The summed E-state index contributed by atoms with van der Waals surface area (Å²) in [5, 5.41) is 14.5. The average molecular weight is 308 g/mol. The number of nitro groups is 1. The molecule has 0 bridgehead atoms. The standard InChI is InChI=1S/C14H20N4O2S/c1-10-5-2-3-8-13(10)15-14(21)17-16-11-6-4-7-12(9-11)18(19)20/h4,6-7,9-10,13,16H,2-3,5,8H2,1H3,(H2,15,17,21)/t10-,13-/m1/s1. The molecule has 7 heteroatoms. The third-order valence-corrected chi connectivity index (χ3v) is 4.03. The number of nitrogens with zero attached hydrogens (tertiary/aromatic N) is 1. The molecule has 3 N–H and O–H groups in total. The predicted molar refractivity (Wildman–Crippen MR) is 87.0 cm³/mol. The van der Waals surface area contributed by atoms with E-state index in [-0.39, 0.29) is 5.69 Å². The molecule has 114 valence electrons. The highest BCUT2D eigenvalue weighted by Gasteiger charge is 2.21. The first-order valence-corrected chi connectivity index (χ1v) is 7.54. The van der Waals surface area contributed by atoms with Crippen molar-refractivity contribution in [2.45, 2.75) is 38.6 Å². The van der Waals surface area contributed by atoms with Gasteiger partial charge < -0.3 is 5.32 Å². The second-order valence-electron chi connectivity index (χ2n) is 5.40. The summed E-state index contributed by atoms with van der Waals surface area (Å²) < 4.78 is 0. The Morgan fingerprint density at radius 3 is 2.86 bits per heavy atom. The number of hydrazine groups is 1. The summed E-state index contributed by atoms with van der Waals surface area (Å²) in [6.45, 7) is 2.23. The van der Waals surface area contributed by atoms with E-state index in [1.807, 2.05) is 0 Å². The molecular weight excluding hydrogens is 288 g/mol. The number of rotatable bonds is 4. The number of nitro benzene ring substituents is 1.